The first-order chi connectivity index (χ1) is 11.8. The number of methoxy groups -OCH3 is 2. The number of fused-ring (bicyclic) bond motifs is 1. The van der Waals surface area contributed by atoms with Crippen molar-refractivity contribution in [2.45, 2.75) is 40.0 Å². The van der Waals surface area contributed by atoms with E-state index in [1.165, 1.54) is 28.9 Å². The summed E-state index contributed by atoms with van der Waals surface area (Å²) in [5, 5.41) is 6.82. The third-order valence-electron chi connectivity index (χ3n) is 4.69. The highest BCUT2D eigenvalue weighted by Crippen LogP contribution is 2.44. The van der Waals surface area contributed by atoms with Gasteiger partial charge < -0.3 is 20.1 Å². The van der Waals surface area contributed by atoms with Crippen molar-refractivity contribution in [2.75, 3.05) is 32.7 Å². The van der Waals surface area contributed by atoms with E-state index in [4.69, 9.17) is 21.7 Å². The van der Waals surface area contributed by atoms with Crippen LogP contribution in [0.3, 0.4) is 0 Å². The first-order valence-corrected chi connectivity index (χ1v) is 9.77. The first kappa shape index (κ1) is 20.1. The van der Waals surface area contributed by atoms with Crippen LogP contribution in [-0.4, -0.2) is 38.5 Å². The maximum absolute atomic E-state index is 12.2. The molecule has 0 amide bonds. The minimum absolute atomic E-state index is 0.262. The number of carbonyl (C=O) groups is 1. The Hall–Kier alpha value is -1.18. The third-order valence-corrected chi connectivity index (χ3v) is 6.17. The molecule has 1 heterocycles. The summed E-state index contributed by atoms with van der Waals surface area (Å²) in [7, 11) is 3.06. The second kappa shape index (κ2) is 8.47. The minimum atomic E-state index is -0.311. The second-order valence-corrected chi connectivity index (χ2v) is 8.89. The average Bonchev–Trinajstić information content (AvgIpc) is 2.91. The van der Waals surface area contributed by atoms with E-state index < -0.39 is 0 Å². The molecule has 5 nitrogen and oxygen atoms in total. The molecule has 1 atom stereocenters. The lowest BCUT2D eigenvalue weighted by Gasteiger charge is -2.34. The highest BCUT2D eigenvalue weighted by atomic mass is 32.1. The minimum Gasteiger partial charge on any atom is -0.465 e. The van der Waals surface area contributed by atoms with E-state index in [0.717, 1.165) is 24.9 Å². The highest BCUT2D eigenvalue weighted by molar-refractivity contribution is 7.80. The van der Waals surface area contributed by atoms with Crippen LogP contribution in [0.4, 0.5) is 5.69 Å². The molecule has 1 aliphatic rings. The molecular weight excluding hydrogens is 356 g/mol. The SMILES string of the molecule is COCCNC(=S)Nc1c(C(=O)OC)sc2c1CC[C@@H](C(C)(C)C)C2. The molecule has 1 aromatic heterocycles. The van der Waals surface area contributed by atoms with Gasteiger partial charge in [0.1, 0.15) is 4.88 Å². The summed E-state index contributed by atoms with van der Waals surface area (Å²) in [6.07, 6.45) is 3.07. The van der Waals surface area contributed by atoms with Crippen LogP contribution >= 0.6 is 23.6 Å². The van der Waals surface area contributed by atoms with Gasteiger partial charge in [0.15, 0.2) is 5.11 Å². The number of hydrogen-bond donors (Lipinski definition) is 2. The number of thiocarbonyl (C=S) groups is 1. The molecule has 0 aromatic carbocycles. The van der Waals surface area contributed by atoms with Gasteiger partial charge in [0, 0.05) is 18.5 Å². The number of carbonyl (C=O) groups excluding carboxylic acids is 1. The fourth-order valence-electron chi connectivity index (χ4n) is 3.12. The fraction of sp³-hybridized carbons (Fsp3) is 0.667. The summed E-state index contributed by atoms with van der Waals surface area (Å²) < 4.78 is 10.00. The largest absolute Gasteiger partial charge is 0.465 e. The lowest BCUT2D eigenvalue weighted by atomic mass is 9.72. The monoisotopic (exact) mass is 384 g/mol. The van der Waals surface area contributed by atoms with Crippen molar-refractivity contribution < 1.29 is 14.3 Å². The Morgan fingerprint density at radius 1 is 1.36 bits per heavy atom. The van der Waals surface area contributed by atoms with Gasteiger partial charge in [-0.15, -0.1) is 11.3 Å². The molecule has 140 valence electrons. The molecule has 1 aliphatic carbocycles. The van der Waals surface area contributed by atoms with Crippen LogP contribution in [0.1, 0.15) is 47.3 Å². The molecule has 0 spiro atoms. The number of hydrogen-bond acceptors (Lipinski definition) is 5. The number of thiophene rings is 1. The maximum atomic E-state index is 12.2. The van der Waals surface area contributed by atoms with Gasteiger partial charge in [-0.25, -0.2) is 4.79 Å². The van der Waals surface area contributed by atoms with Crippen molar-refractivity contribution >= 4 is 40.3 Å². The lowest BCUT2D eigenvalue weighted by molar-refractivity contribution is 0.0607. The van der Waals surface area contributed by atoms with Crippen molar-refractivity contribution in [3.8, 4) is 0 Å². The third kappa shape index (κ3) is 4.92. The van der Waals surface area contributed by atoms with E-state index in [2.05, 4.69) is 31.4 Å². The van der Waals surface area contributed by atoms with Crippen molar-refractivity contribution in [2.24, 2.45) is 11.3 Å². The number of anilines is 1. The van der Waals surface area contributed by atoms with Gasteiger partial charge >= 0.3 is 5.97 Å². The Labute approximate surface area is 159 Å². The van der Waals surface area contributed by atoms with Crippen LogP contribution in [-0.2, 0) is 22.3 Å². The molecule has 1 aromatic rings. The number of rotatable bonds is 5. The standard InChI is InChI=1S/C18H28N2O3S2/c1-18(2,3)11-6-7-12-13(10-11)25-15(16(21)23-5)14(12)20-17(24)19-8-9-22-4/h11H,6-10H2,1-5H3,(H2,19,20,24)/t11-/m1/s1. The van der Waals surface area contributed by atoms with E-state index in [-0.39, 0.29) is 11.4 Å². The van der Waals surface area contributed by atoms with Crippen LogP contribution in [0, 0.1) is 11.3 Å². The van der Waals surface area contributed by atoms with Crippen molar-refractivity contribution in [1.82, 2.24) is 5.32 Å². The summed E-state index contributed by atoms with van der Waals surface area (Å²) in [5.41, 5.74) is 2.29. The molecule has 0 aliphatic heterocycles. The van der Waals surface area contributed by atoms with Crippen LogP contribution < -0.4 is 10.6 Å². The van der Waals surface area contributed by atoms with E-state index >= 15 is 0 Å². The first-order valence-electron chi connectivity index (χ1n) is 8.54. The molecule has 0 radical (unpaired) electrons. The van der Waals surface area contributed by atoms with Gasteiger partial charge in [-0.1, -0.05) is 20.8 Å². The smallest absolute Gasteiger partial charge is 0.350 e. The molecular formula is C18H28N2O3S2. The van der Waals surface area contributed by atoms with Crippen LogP contribution in [0.25, 0.3) is 0 Å². The van der Waals surface area contributed by atoms with Crippen LogP contribution in [0.2, 0.25) is 0 Å². The molecule has 2 rings (SSSR count). The molecule has 0 saturated carbocycles. The Kier molecular flexibility index (Phi) is 6.82. The van der Waals surface area contributed by atoms with Gasteiger partial charge in [0.2, 0.25) is 0 Å². The predicted molar refractivity (Wildman–Crippen MR) is 107 cm³/mol. The molecule has 0 saturated heterocycles. The predicted octanol–water partition coefficient (Wildman–Crippen LogP) is 3.62. The van der Waals surface area contributed by atoms with Gasteiger partial charge in [-0.3, -0.25) is 0 Å². The Morgan fingerprint density at radius 2 is 2.08 bits per heavy atom. The zero-order valence-corrected chi connectivity index (χ0v) is 17.3. The zero-order chi connectivity index (χ0) is 18.6. The van der Waals surface area contributed by atoms with E-state index in [9.17, 15) is 4.79 Å². The summed E-state index contributed by atoms with van der Waals surface area (Å²) in [4.78, 5) is 14.1. The second-order valence-electron chi connectivity index (χ2n) is 7.38. The van der Waals surface area contributed by atoms with Crippen molar-refractivity contribution in [3.63, 3.8) is 0 Å². The molecule has 0 fully saturated rings. The summed E-state index contributed by atoms with van der Waals surface area (Å²) >= 11 is 6.90. The average molecular weight is 385 g/mol. The number of esters is 1. The van der Waals surface area contributed by atoms with E-state index in [1.54, 1.807) is 7.11 Å². The Morgan fingerprint density at radius 3 is 2.68 bits per heavy atom. The fourth-order valence-corrected chi connectivity index (χ4v) is 4.62. The molecule has 0 bridgehead atoms. The van der Waals surface area contributed by atoms with Crippen molar-refractivity contribution in [3.05, 3.63) is 15.3 Å². The molecule has 0 unspecified atom stereocenters. The van der Waals surface area contributed by atoms with E-state index in [0.29, 0.717) is 29.1 Å². The number of nitrogens with one attached hydrogen (secondary N) is 2. The Balaban J connectivity index is 2.25. The lowest BCUT2D eigenvalue weighted by Crippen LogP contribution is -2.32. The Bertz CT molecular complexity index is 635. The molecule has 2 N–H and O–H groups in total. The molecule has 25 heavy (non-hydrogen) atoms. The normalized spacial score (nSPS) is 16.9. The quantitative estimate of drug-likeness (QED) is 0.459. The van der Waals surface area contributed by atoms with Gasteiger partial charge in [0.25, 0.3) is 0 Å². The van der Waals surface area contributed by atoms with E-state index in [1.807, 2.05) is 0 Å². The van der Waals surface area contributed by atoms with Crippen LogP contribution in [0.15, 0.2) is 0 Å². The number of ether oxygens (including phenoxy) is 2. The summed E-state index contributed by atoms with van der Waals surface area (Å²) in [5.74, 6) is 0.303. The summed E-state index contributed by atoms with van der Waals surface area (Å²) in [6.45, 7) is 8.04. The van der Waals surface area contributed by atoms with Gasteiger partial charge in [0.05, 0.1) is 19.4 Å². The molecule has 7 heteroatoms. The topological polar surface area (TPSA) is 59.6 Å². The zero-order valence-electron chi connectivity index (χ0n) is 15.7. The summed E-state index contributed by atoms with van der Waals surface area (Å²) in [6, 6.07) is 0. The van der Waals surface area contributed by atoms with Gasteiger partial charge in [-0.05, 0) is 48.4 Å². The van der Waals surface area contributed by atoms with Crippen molar-refractivity contribution in [1.29, 1.82) is 0 Å². The highest BCUT2D eigenvalue weighted by Gasteiger charge is 2.33. The van der Waals surface area contributed by atoms with Gasteiger partial charge in [-0.2, -0.15) is 0 Å². The maximum Gasteiger partial charge on any atom is 0.350 e. The van der Waals surface area contributed by atoms with Crippen LogP contribution in [0.5, 0.6) is 0 Å².